The Bertz CT molecular complexity index is 1020. The van der Waals surface area contributed by atoms with Gasteiger partial charge in [0, 0.05) is 12.0 Å². The number of benzene rings is 2. The van der Waals surface area contributed by atoms with Crippen molar-refractivity contribution in [3.05, 3.63) is 59.7 Å². The van der Waals surface area contributed by atoms with E-state index in [4.69, 9.17) is 4.74 Å². The molecule has 0 bridgehead atoms. The lowest BCUT2D eigenvalue weighted by Gasteiger charge is -2.24. The van der Waals surface area contributed by atoms with Crippen molar-refractivity contribution in [2.75, 3.05) is 6.61 Å². The van der Waals surface area contributed by atoms with Crippen LogP contribution in [0, 0.1) is 11.8 Å². The van der Waals surface area contributed by atoms with Crippen LogP contribution in [0.2, 0.25) is 0 Å². The standard InChI is InChI=1S/C27H32N2O5/c1-16(2)14-24(25(30)28-23-13-7-12-21(23)26(31)32)29-27(33)34-15-22-19-10-5-3-8-17(19)18-9-4-6-11-20(18)22/h3-6,8-11,16,21-24H,7,12-15H2,1-2H3,(H,28,30)(H,29,33)(H,31,32)/t21-,23+,24+/m0/s1. The number of carboxylic acid groups (broad SMARTS) is 1. The summed E-state index contributed by atoms with van der Waals surface area (Å²) in [6, 6.07) is 15.0. The van der Waals surface area contributed by atoms with E-state index in [1.165, 1.54) is 0 Å². The molecule has 0 aromatic heterocycles. The van der Waals surface area contributed by atoms with Gasteiger partial charge in [-0.15, -0.1) is 0 Å². The molecule has 0 aliphatic heterocycles. The zero-order valence-corrected chi connectivity index (χ0v) is 19.6. The van der Waals surface area contributed by atoms with E-state index in [1.807, 2.05) is 38.1 Å². The van der Waals surface area contributed by atoms with E-state index >= 15 is 0 Å². The van der Waals surface area contributed by atoms with Crippen molar-refractivity contribution >= 4 is 18.0 Å². The molecule has 180 valence electrons. The molecule has 1 fully saturated rings. The Balaban J connectivity index is 1.40. The van der Waals surface area contributed by atoms with Gasteiger partial charge in [0.05, 0.1) is 5.92 Å². The number of rotatable bonds is 8. The number of amides is 2. The lowest BCUT2D eigenvalue weighted by Crippen LogP contribution is -2.51. The van der Waals surface area contributed by atoms with Crippen molar-refractivity contribution in [3.63, 3.8) is 0 Å². The summed E-state index contributed by atoms with van der Waals surface area (Å²) in [5, 5.41) is 15.0. The predicted octanol–water partition coefficient (Wildman–Crippen LogP) is 4.31. The molecule has 4 rings (SSSR count). The van der Waals surface area contributed by atoms with Gasteiger partial charge in [0.15, 0.2) is 0 Å². The molecule has 0 spiro atoms. The van der Waals surface area contributed by atoms with E-state index in [2.05, 4.69) is 34.9 Å². The number of hydrogen-bond acceptors (Lipinski definition) is 4. The molecule has 34 heavy (non-hydrogen) atoms. The Morgan fingerprint density at radius 3 is 2.21 bits per heavy atom. The Morgan fingerprint density at radius 1 is 1.00 bits per heavy atom. The van der Waals surface area contributed by atoms with Gasteiger partial charge in [0.2, 0.25) is 5.91 Å². The third-order valence-corrected chi connectivity index (χ3v) is 6.82. The Kier molecular flexibility index (Phi) is 7.20. The van der Waals surface area contributed by atoms with Gasteiger partial charge in [-0.25, -0.2) is 4.79 Å². The lowest BCUT2D eigenvalue weighted by atomic mass is 9.98. The maximum Gasteiger partial charge on any atom is 0.407 e. The lowest BCUT2D eigenvalue weighted by molar-refractivity contribution is -0.142. The van der Waals surface area contributed by atoms with Crippen molar-refractivity contribution in [1.82, 2.24) is 10.6 Å². The molecule has 7 heteroatoms. The third kappa shape index (κ3) is 5.08. The fourth-order valence-corrected chi connectivity index (χ4v) is 5.20. The highest BCUT2D eigenvalue weighted by Crippen LogP contribution is 2.44. The molecule has 0 heterocycles. The van der Waals surface area contributed by atoms with Crippen molar-refractivity contribution in [3.8, 4) is 11.1 Å². The van der Waals surface area contributed by atoms with Gasteiger partial charge in [-0.1, -0.05) is 68.8 Å². The number of nitrogens with one attached hydrogen (secondary N) is 2. The summed E-state index contributed by atoms with van der Waals surface area (Å²) in [7, 11) is 0. The highest BCUT2D eigenvalue weighted by Gasteiger charge is 2.36. The van der Waals surface area contributed by atoms with Crippen LogP contribution in [0.1, 0.15) is 56.6 Å². The molecule has 2 aliphatic carbocycles. The van der Waals surface area contributed by atoms with Crippen LogP contribution < -0.4 is 10.6 Å². The monoisotopic (exact) mass is 464 g/mol. The fraction of sp³-hybridized carbons (Fsp3) is 0.444. The van der Waals surface area contributed by atoms with E-state index < -0.39 is 30.1 Å². The molecule has 3 N–H and O–H groups in total. The first-order chi connectivity index (χ1) is 16.3. The first-order valence-corrected chi connectivity index (χ1v) is 12.0. The van der Waals surface area contributed by atoms with Gasteiger partial charge in [-0.2, -0.15) is 0 Å². The average Bonchev–Trinajstić information content (AvgIpc) is 3.39. The summed E-state index contributed by atoms with van der Waals surface area (Å²) >= 11 is 0. The van der Waals surface area contributed by atoms with Crippen LogP contribution >= 0.6 is 0 Å². The molecule has 1 saturated carbocycles. The maximum absolute atomic E-state index is 13.0. The van der Waals surface area contributed by atoms with Crippen LogP contribution in [0.25, 0.3) is 11.1 Å². The maximum atomic E-state index is 13.0. The van der Waals surface area contributed by atoms with Crippen molar-refractivity contribution < 1.29 is 24.2 Å². The third-order valence-electron chi connectivity index (χ3n) is 6.82. The Hall–Kier alpha value is -3.35. The molecule has 2 aromatic rings. The number of carbonyl (C=O) groups excluding carboxylic acids is 2. The quantitative estimate of drug-likeness (QED) is 0.540. The fourth-order valence-electron chi connectivity index (χ4n) is 5.20. The summed E-state index contributed by atoms with van der Waals surface area (Å²) in [6.07, 6.45) is 1.72. The van der Waals surface area contributed by atoms with Gasteiger partial charge in [0.25, 0.3) is 0 Å². The largest absolute Gasteiger partial charge is 0.481 e. The van der Waals surface area contributed by atoms with Gasteiger partial charge in [0.1, 0.15) is 12.6 Å². The molecule has 2 aliphatic rings. The first kappa shape index (κ1) is 23.8. The number of carboxylic acids is 1. The molecular formula is C27H32N2O5. The number of ether oxygens (including phenoxy) is 1. The smallest absolute Gasteiger partial charge is 0.407 e. The summed E-state index contributed by atoms with van der Waals surface area (Å²) in [4.78, 5) is 37.1. The summed E-state index contributed by atoms with van der Waals surface area (Å²) in [5.74, 6) is -1.75. The Morgan fingerprint density at radius 2 is 1.62 bits per heavy atom. The molecule has 2 aromatic carbocycles. The summed E-state index contributed by atoms with van der Waals surface area (Å²) in [5.41, 5.74) is 4.53. The van der Waals surface area contributed by atoms with Gasteiger partial charge >= 0.3 is 12.1 Å². The van der Waals surface area contributed by atoms with Crippen molar-refractivity contribution in [1.29, 1.82) is 0 Å². The molecule has 7 nitrogen and oxygen atoms in total. The molecule has 3 atom stereocenters. The minimum atomic E-state index is -0.896. The number of hydrogen-bond donors (Lipinski definition) is 3. The molecule has 0 saturated heterocycles. The van der Waals surface area contributed by atoms with E-state index in [0.717, 1.165) is 28.7 Å². The number of aliphatic carboxylic acids is 1. The first-order valence-electron chi connectivity index (χ1n) is 12.0. The molecule has 2 amide bonds. The zero-order chi connectivity index (χ0) is 24.2. The van der Waals surface area contributed by atoms with Crippen LogP contribution in [0.4, 0.5) is 4.79 Å². The van der Waals surface area contributed by atoms with E-state index in [1.54, 1.807) is 0 Å². The van der Waals surface area contributed by atoms with Crippen LogP contribution in [-0.4, -0.2) is 41.8 Å². The number of fused-ring (bicyclic) bond motifs is 3. The highest BCUT2D eigenvalue weighted by atomic mass is 16.5. The van der Waals surface area contributed by atoms with Crippen LogP contribution in [-0.2, 0) is 14.3 Å². The topological polar surface area (TPSA) is 105 Å². The van der Waals surface area contributed by atoms with Crippen molar-refractivity contribution in [2.45, 2.75) is 57.5 Å². The van der Waals surface area contributed by atoms with E-state index in [-0.39, 0.29) is 24.3 Å². The number of alkyl carbamates (subject to hydrolysis) is 1. The second-order valence-electron chi connectivity index (χ2n) is 9.64. The SMILES string of the molecule is CC(C)C[C@@H](NC(=O)OCC1c2ccccc2-c2ccccc21)C(=O)N[C@@H]1CCC[C@@H]1C(=O)O. The number of carbonyl (C=O) groups is 3. The highest BCUT2D eigenvalue weighted by molar-refractivity contribution is 5.86. The predicted molar refractivity (Wildman–Crippen MR) is 128 cm³/mol. The van der Waals surface area contributed by atoms with Crippen LogP contribution in [0.3, 0.4) is 0 Å². The molecule has 0 unspecified atom stereocenters. The zero-order valence-electron chi connectivity index (χ0n) is 19.6. The van der Waals surface area contributed by atoms with E-state index in [9.17, 15) is 19.5 Å². The minimum absolute atomic E-state index is 0.0645. The average molecular weight is 465 g/mol. The van der Waals surface area contributed by atoms with E-state index in [0.29, 0.717) is 19.3 Å². The summed E-state index contributed by atoms with van der Waals surface area (Å²) in [6.45, 7) is 4.10. The van der Waals surface area contributed by atoms with Crippen molar-refractivity contribution in [2.24, 2.45) is 11.8 Å². The van der Waals surface area contributed by atoms with Crippen LogP contribution in [0.5, 0.6) is 0 Å². The van der Waals surface area contributed by atoms with Crippen LogP contribution in [0.15, 0.2) is 48.5 Å². The summed E-state index contributed by atoms with van der Waals surface area (Å²) < 4.78 is 5.61. The van der Waals surface area contributed by atoms with Gasteiger partial charge in [-0.05, 0) is 47.4 Å². The van der Waals surface area contributed by atoms with Gasteiger partial charge < -0.3 is 20.5 Å². The minimum Gasteiger partial charge on any atom is -0.481 e. The molecular weight excluding hydrogens is 432 g/mol. The molecule has 0 radical (unpaired) electrons. The second kappa shape index (κ2) is 10.3. The second-order valence-corrected chi connectivity index (χ2v) is 9.64. The van der Waals surface area contributed by atoms with Gasteiger partial charge in [-0.3, -0.25) is 9.59 Å². The Labute approximate surface area is 199 Å². The normalized spacial score (nSPS) is 19.9.